The maximum Gasteiger partial charge on any atom is 0.344 e. The lowest BCUT2D eigenvalue weighted by Gasteiger charge is -2.04. The molecule has 0 amide bonds. The van der Waals surface area contributed by atoms with Crippen molar-refractivity contribution in [3.63, 3.8) is 0 Å². The summed E-state index contributed by atoms with van der Waals surface area (Å²) in [4.78, 5) is 17.4. The van der Waals surface area contributed by atoms with Crippen LogP contribution in [0.25, 0.3) is 6.08 Å². The van der Waals surface area contributed by atoms with E-state index in [0.29, 0.717) is 32.7 Å². The van der Waals surface area contributed by atoms with Crippen molar-refractivity contribution in [2.75, 3.05) is 20.8 Å². The van der Waals surface area contributed by atoms with Gasteiger partial charge in [-0.1, -0.05) is 17.8 Å². The molecule has 2 aromatic rings. The van der Waals surface area contributed by atoms with E-state index < -0.39 is 5.97 Å². The second kappa shape index (κ2) is 9.41. The summed E-state index contributed by atoms with van der Waals surface area (Å²) in [5.74, 6) is 0.129. The van der Waals surface area contributed by atoms with Crippen LogP contribution in [0.5, 0.6) is 17.2 Å². The van der Waals surface area contributed by atoms with Crippen molar-refractivity contribution >= 4 is 34.5 Å². The predicted octanol–water partition coefficient (Wildman–Crippen LogP) is 4.60. The highest BCUT2D eigenvalue weighted by Gasteiger charge is 2.33. The molecule has 2 N–H and O–H groups in total. The fourth-order valence-corrected chi connectivity index (χ4v) is 3.74. The van der Waals surface area contributed by atoms with Gasteiger partial charge in [-0.05, 0) is 55.0 Å². The fraction of sp³-hybridized carbons (Fsp3) is 0.182. The molecule has 7 nitrogen and oxygen atoms in total. The number of phenolic OH excluding ortho intramolecular Hbond substituents is 1. The van der Waals surface area contributed by atoms with Crippen molar-refractivity contribution in [1.82, 2.24) is 0 Å². The Morgan fingerprint density at radius 2 is 1.83 bits per heavy atom. The van der Waals surface area contributed by atoms with Crippen LogP contribution >= 0.6 is 11.8 Å². The molecule has 1 aliphatic heterocycles. The Balaban J connectivity index is 2.02. The van der Waals surface area contributed by atoms with E-state index in [4.69, 9.17) is 14.2 Å². The Morgan fingerprint density at radius 1 is 1.10 bits per heavy atom. The van der Waals surface area contributed by atoms with Gasteiger partial charge in [0, 0.05) is 0 Å². The summed E-state index contributed by atoms with van der Waals surface area (Å²) in [5.41, 5.74) is 1.28. The average Bonchev–Trinajstić information content (AvgIpc) is 3.04. The van der Waals surface area contributed by atoms with Crippen molar-refractivity contribution in [2.45, 2.75) is 6.92 Å². The number of hydrogen-bond donors (Lipinski definition) is 2. The van der Waals surface area contributed by atoms with Crippen LogP contribution in [0.4, 0.5) is 5.69 Å². The minimum absolute atomic E-state index is 0.00691. The molecular formula is C22H21NO6S. The number of hydrogen-bond acceptors (Lipinski definition) is 8. The van der Waals surface area contributed by atoms with Gasteiger partial charge < -0.3 is 24.4 Å². The van der Waals surface area contributed by atoms with Gasteiger partial charge in [0.2, 0.25) is 0 Å². The first-order valence-electron chi connectivity index (χ1n) is 9.07. The number of thioether (sulfide) groups is 1. The van der Waals surface area contributed by atoms with Crippen LogP contribution < -0.4 is 9.47 Å². The van der Waals surface area contributed by atoms with E-state index in [1.807, 2.05) is 0 Å². The topological polar surface area (TPSA) is 97.6 Å². The molecule has 0 spiro atoms. The Bertz CT molecular complexity index is 1040. The van der Waals surface area contributed by atoms with Crippen LogP contribution in [0.3, 0.4) is 0 Å². The van der Waals surface area contributed by atoms with Crippen LogP contribution in [-0.4, -0.2) is 42.1 Å². The smallest absolute Gasteiger partial charge is 0.344 e. The average molecular weight is 427 g/mol. The molecule has 0 bridgehead atoms. The molecule has 0 unspecified atom stereocenters. The summed E-state index contributed by atoms with van der Waals surface area (Å²) in [7, 11) is 3.02. The molecule has 0 saturated carbocycles. The van der Waals surface area contributed by atoms with E-state index in [9.17, 15) is 15.0 Å². The summed E-state index contributed by atoms with van der Waals surface area (Å²) in [5, 5.41) is 20.8. The summed E-state index contributed by atoms with van der Waals surface area (Å²) < 4.78 is 15.4. The molecule has 30 heavy (non-hydrogen) atoms. The fourth-order valence-electron chi connectivity index (χ4n) is 2.70. The third-order valence-electron chi connectivity index (χ3n) is 4.17. The van der Waals surface area contributed by atoms with E-state index in [1.165, 1.54) is 13.2 Å². The highest BCUT2D eigenvalue weighted by Crippen LogP contribution is 2.41. The van der Waals surface area contributed by atoms with Crippen LogP contribution in [0.2, 0.25) is 0 Å². The van der Waals surface area contributed by atoms with Gasteiger partial charge in [-0.15, -0.1) is 0 Å². The van der Waals surface area contributed by atoms with E-state index in [-0.39, 0.29) is 23.7 Å². The molecule has 0 radical (unpaired) electrons. The normalized spacial score (nSPS) is 16.2. The zero-order chi connectivity index (χ0) is 21.7. The zero-order valence-electron chi connectivity index (χ0n) is 16.7. The number of esters is 1. The van der Waals surface area contributed by atoms with Crippen molar-refractivity contribution in [3.05, 3.63) is 64.3 Å². The van der Waals surface area contributed by atoms with Crippen molar-refractivity contribution in [3.8, 4) is 17.2 Å². The zero-order valence-corrected chi connectivity index (χ0v) is 17.5. The van der Waals surface area contributed by atoms with E-state index in [1.54, 1.807) is 56.5 Å². The lowest BCUT2D eigenvalue weighted by molar-refractivity contribution is -0.138. The second-order valence-corrected chi connectivity index (χ2v) is 7.13. The minimum atomic E-state index is -0.651. The number of phenols is 1. The molecule has 8 heteroatoms. The maximum absolute atomic E-state index is 12.5. The van der Waals surface area contributed by atoms with E-state index >= 15 is 0 Å². The third kappa shape index (κ3) is 4.60. The molecule has 3 rings (SSSR count). The standard InChI is InChI=1S/C22H21NO6S/c1-4-29-22(26)19-20(25)18(12-13-5-10-16(24)17(11-13)28-3)30-21(19)23-14-6-8-15(27-2)9-7-14/h5-12,24-25H,4H2,1-3H3. The molecule has 0 aromatic heterocycles. The van der Waals surface area contributed by atoms with Gasteiger partial charge in [0.1, 0.15) is 22.1 Å². The number of benzene rings is 2. The quantitative estimate of drug-likeness (QED) is 0.650. The lowest BCUT2D eigenvalue weighted by Crippen LogP contribution is -2.12. The minimum Gasteiger partial charge on any atom is -0.506 e. The van der Waals surface area contributed by atoms with Crippen LogP contribution in [0.1, 0.15) is 12.5 Å². The van der Waals surface area contributed by atoms with Crippen LogP contribution in [-0.2, 0) is 9.53 Å². The Labute approximate surface area is 178 Å². The molecule has 2 aromatic carbocycles. The van der Waals surface area contributed by atoms with E-state index in [2.05, 4.69) is 4.99 Å². The number of rotatable bonds is 6. The highest BCUT2D eigenvalue weighted by atomic mass is 32.2. The number of carbonyl (C=O) groups is 1. The van der Waals surface area contributed by atoms with Gasteiger partial charge in [-0.25, -0.2) is 9.79 Å². The number of nitrogens with zero attached hydrogens (tertiary/aromatic N) is 1. The molecule has 0 fully saturated rings. The summed E-state index contributed by atoms with van der Waals surface area (Å²) in [6, 6.07) is 11.8. The number of aromatic hydroxyl groups is 1. The molecule has 1 aliphatic rings. The first-order valence-corrected chi connectivity index (χ1v) is 9.88. The summed E-state index contributed by atoms with van der Waals surface area (Å²) in [6.07, 6.45) is 1.68. The number of carbonyl (C=O) groups excluding carboxylic acids is 1. The van der Waals surface area contributed by atoms with Gasteiger partial charge in [-0.3, -0.25) is 0 Å². The number of aliphatic imine (C=N–C) groups is 1. The van der Waals surface area contributed by atoms with Crippen LogP contribution in [0, 0.1) is 0 Å². The number of ether oxygens (including phenoxy) is 3. The molecule has 1 heterocycles. The highest BCUT2D eigenvalue weighted by molar-refractivity contribution is 8.18. The number of methoxy groups -OCH3 is 2. The number of aliphatic hydroxyl groups is 1. The molecule has 156 valence electrons. The Kier molecular flexibility index (Phi) is 6.68. The van der Waals surface area contributed by atoms with Crippen molar-refractivity contribution < 1.29 is 29.2 Å². The van der Waals surface area contributed by atoms with Gasteiger partial charge in [0.15, 0.2) is 11.5 Å². The SMILES string of the molecule is CCOC(=O)C1=C(O)C(=Cc2ccc(O)c(OC)c2)SC1=Nc1ccc(OC)cc1. The third-order valence-corrected chi connectivity index (χ3v) is 5.19. The molecule has 0 aliphatic carbocycles. The second-order valence-electron chi connectivity index (χ2n) is 6.10. The first-order chi connectivity index (χ1) is 14.5. The van der Waals surface area contributed by atoms with Gasteiger partial charge in [0.25, 0.3) is 0 Å². The molecular weight excluding hydrogens is 406 g/mol. The van der Waals surface area contributed by atoms with E-state index in [0.717, 1.165) is 11.8 Å². The monoisotopic (exact) mass is 427 g/mol. The largest absolute Gasteiger partial charge is 0.506 e. The van der Waals surface area contributed by atoms with Gasteiger partial charge in [0.05, 0.1) is 31.4 Å². The molecule has 0 atom stereocenters. The summed E-state index contributed by atoms with van der Waals surface area (Å²) >= 11 is 1.15. The van der Waals surface area contributed by atoms with Crippen molar-refractivity contribution in [1.29, 1.82) is 0 Å². The van der Waals surface area contributed by atoms with Crippen LogP contribution in [0.15, 0.2) is 63.7 Å². The molecule has 0 saturated heterocycles. The Morgan fingerprint density at radius 3 is 2.47 bits per heavy atom. The van der Waals surface area contributed by atoms with Gasteiger partial charge >= 0.3 is 5.97 Å². The Hall–Kier alpha value is -3.39. The predicted molar refractivity (Wildman–Crippen MR) is 117 cm³/mol. The summed E-state index contributed by atoms with van der Waals surface area (Å²) in [6.45, 7) is 1.86. The number of aliphatic hydroxyl groups excluding tert-OH is 1. The first kappa shape index (κ1) is 21.3. The lowest BCUT2D eigenvalue weighted by atomic mass is 10.1. The maximum atomic E-state index is 12.5. The van der Waals surface area contributed by atoms with Gasteiger partial charge in [-0.2, -0.15) is 0 Å². The van der Waals surface area contributed by atoms with Crippen molar-refractivity contribution in [2.24, 2.45) is 4.99 Å².